The van der Waals surface area contributed by atoms with E-state index in [-0.39, 0.29) is 6.04 Å². The number of hydrogen-bond donors (Lipinski definition) is 0. The fourth-order valence-electron chi connectivity index (χ4n) is 4.65. The van der Waals surface area contributed by atoms with Crippen LogP contribution in [0.4, 0.5) is 5.69 Å². The zero-order chi connectivity index (χ0) is 22.0. The highest BCUT2D eigenvalue weighted by molar-refractivity contribution is 7.90. The van der Waals surface area contributed by atoms with Crippen LogP contribution < -0.4 is 9.64 Å². The first-order chi connectivity index (χ1) is 15.0. The third-order valence-electron chi connectivity index (χ3n) is 6.51. The summed E-state index contributed by atoms with van der Waals surface area (Å²) in [6.07, 6.45) is 3.54. The van der Waals surface area contributed by atoms with Crippen molar-refractivity contribution in [3.05, 3.63) is 53.1 Å². The molecule has 31 heavy (non-hydrogen) atoms. The number of likely N-dealkylation sites (N-methyl/N-ethyl adjacent to an activating group) is 1. The normalized spacial score (nSPS) is 19.5. The maximum Gasteiger partial charge on any atom is 0.152 e. The van der Waals surface area contributed by atoms with Gasteiger partial charge in [0.25, 0.3) is 0 Å². The van der Waals surface area contributed by atoms with E-state index >= 15 is 0 Å². The molecule has 0 aliphatic carbocycles. The molecule has 1 fully saturated rings. The summed E-state index contributed by atoms with van der Waals surface area (Å²) in [5.74, 6) is 0.935. The van der Waals surface area contributed by atoms with Gasteiger partial charge in [-0.25, -0.2) is 0 Å². The number of anilines is 1. The number of carbonyl (C=O) groups is 1. The Labute approximate surface area is 188 Å². The quantitative estimate of drug-likeness (QED) is 0.507. The summed E-state index contributed by atoms with van der Waals surface area (Å²) < 4.78 is 17.4. The lowest BCUT2D eigenvalue weighted by molar-refractivity contribution is -0.113. The van der Waals surface area contributed by atoms with E-state index in [1.165, 1.54) is 16.8 Å². The molecule has 7 heteroatoms. The lowest BCUT2D eigenvalue weighted by Gasteiger charge is -2.39. The Balaban J connectivity index is 1.63. The number of ether oxygens (including phenoxy) is 1. The SMILES string of the molecule is COc1ccc(N2CCN(C)CC2)c2c1CCN(C(C=O)c1ccc([S+](C)[O-])cc1)C2. The van der Waals surface area contributed by atoms with Gasteiger partial charge in [0.15, 0.2) is 4.90 Å². The molecule has 2 atom stereocenters. The number of nitrogens with zero attached hydrogens (tertiary/aromatic N) is 3. The summed E-state index contributed by atoms with van der Waals surface area (Å²) in [5.41, 5.74) is 4.73. The molecule has 2 heterocycles. The number of rotatable bonds is 6. The topological polar surface area (TPSA) is 59.1 Å². The molecule has 2 aliphatic heterocycles. The van der Waals surface area contributed by atoms with Crippen LogP contribution in [0.3, 0.4) is 0 Å². The number of carbonyl (C=O) groups excluding carboxylic acids is 1. The maximum atomic E-state index is 12.1. The number of hydrogen-bond acceptors (Lipinski definition) is 6. The lowest BCUT2D eigenvalue weighted by atomic mass is 9.93. The maximum absolute atomic E-state index is 12.1. The second-order valence-electron chi connectivity index (χ2n) is 8.36. The van der Waals surface area contributed by atoms with E-state index in [9.17, 15) is 9.35 Å². The molecule has 6 nitrogen and oxygen atoms in total. The standard InChI is InChI=1S/C24H31N3O3S/c1-25-12-14-26(15-13-25)22-8-9-24(30-2)20-10-11-27(16-21(20)22)23(17-28)18-4-6-19(7-5-18)31(3)29/h4-9,17,23H,10-16H2,1-3H3. The molecule has 0 spiro atoms. The van der Waals surface area contributed by atoms with E-state index in [4.69, 9.17) is 4.74 Å². The Morgan fingerprint density at radius 3 is 2.35 bits per heavy atom. The van der Waals surface area contributed by atoms with Crippen LogP contribution in [0.2, 0.25) is 0 Å². The van der Waals surface area contributed by atoms with E-state index in [0.29, 0.717) is 6.54 Å². The van der Waals surface area contributed by atoms with Gasteiger partial charge in [-0.3, -0.25) is 4.90 Å². The van der Waals surface area contributed by atoms with E-state index < -0.39 is 11.2 Å². The van der Waals surface area contributed by atoms with Crippen LogP contribution >= 0.6 is 0 Å². The van der Waals surface area contributed by atoms with Gasteiger partial charge in [0.05, 0.1) is 13.2 Å². The van der Waals surface area contributed by atoms with Crippen molar-refractivity contribution in [1.29, 1.82) is 0 Å². The minimum atomic E-state index is -1.02. The summed E-state index contributed by atoms with van der Waals surface area (Å²) in [4.78, 5) is 20.0. The molecular formula is C24H31N3O3S. The van der Waals surface area contributed by atoms with E-state index in [0.717, 1.165) is 61.6 Å². The number of methoxy groups -OCH3 is 1. The summed E-state index contributed by atoms with van der Waals surface area (Å²) in [5, 5.41) is 0. The third kappa shape index (κ3) is 4.60. The Kier molecular flexibility index (Phi) is 6.86. The number of fused-ring (bicyclic) bond motifs is 1. The highest BCUT2D eigenvalue weighted by atomic mass is 32.2. The molecule has 0 saturated carbocycles. The monoisotopic (exact) mass is 441 g/mol. The average Bonchev–Trinajstić information content (AvgIpc) is 2.80. The molecule has 0 N–H and O–H groups in total. The van der Waals surface area contributed by atoms with Gasteiger partial charge in [-0.2, -0.15) is 0 Å². The largest absolute Gasteiger partial charge is 0.612 e. The van der Waals surface area contributed by atoms with Crippen LogP contribution in [-0.2, 0) is 28.9 Å². The molecule has 2 aliphatic rings. The molecule has 0 aromatic heterocycles. The van der Waals surface area contributed by atoms with E-state index in [1.54, 1.807) is 13.4 Å². The molecule has 2 aromatic rings. The fourth-order valence-corrected chi connectivity index (χ4v) is 5.17. The Hall–Kier alpha value is -2.06. The Morgan fingerprint density at radius 2 is 1.74 bits per heavy atom. The first-order valence-corrected chi connectivity index (χ1v) is 12.3. The third-order valence-corrected chi connectivity index (χ3v) is 7.45. The number of benzene rings is 2. The van der Waals surface area contributed by atoms with Gasteiger partial charge in [-0.15, -0.1) is 0 Å². The van der Waals surface area contributed by atoms with Gasteiger partial charge in [-0.1, -0.05) is 12.1 Å². The van der Waals surface area contributed by atoms with Gasteiger partial charge in [0, 0.05) is 50.5 Å². The second kappa shape index (κ2) is 9.61. The van der Waals surface area contributed by atoms with Crippen LogP contribution in [0.25, 0.3) is 0 Å². The number of piperazine rings is 1. The highest BCUT2D eigenvalue weighted by Gasteiger charge is 2.30. The van der Waals surface area contributed by atoms with Crippen molar-refractivity contribution in [2.24, 2.45) is 0 Å². The van der Waals surface area contributed by atoms with Gasteiger partial charge < -0.3 is 23.9 Å². The zero-order valence-electron chi connectivity index (χ0n) is 18.5. The Bertz CT molecular complexity index is 911. The van der Waals surface area contributed by atoms with Crippen LogP contribution in [0.15, 0.2) is 41.3 Å². The van der Waals surface area contributed by atoms with Gasteiger partial charge in [0.1, 0.15) is 18.3 Å². The van der Waals surface area contributed by atoms with Crippen molar-refractivity contribution in [2.45, 2.75) is 23.9 Å². The van der Waals surface area contributed by atoms with Crippen molar-refractivity contribution in [3.8, 4) is 5.75 Å². The van der Waals surface area contributed by atoms with Crippen LogP contribution in [-0.4, -0.2) is 73.8 Å². The molecule has 166 valence electrons. The van der Waals surface area contributed by atoms with Crippen molar-refractivity contribution < 1.29 is 14.1 Å². The summed E-state index contributed by atoms with van der Waals surface area (Å²) in [6, 6.07) is 11.5. The predicted molar refractivity (Wildman–Crippen MR) is 124 cm³/mol. The van der Waals surface area contributed by atoms with Crippen molar-refractivity contribution in [1.82, 2.24) is 9.80 Å². The molecule has 2 unspecified atom stereocenters. The molecule has 0 bridgehead atoms. The minimum absolute atomic E-state index is 0.320. The highest BCUT2D eigenvalue weighted by Crippen LogP contribution is 2.38. The van der Waals surface area contributed by atoms with Crippen LogP contribution in [0, 0.1) is 0 Å². The van der Waals surface area contributed by atoms with Crippen LogP contribution in [0.1, 0.15) is 22.7 Å². The molecule has 1 saturated heterocycles. The van der Waals surface area contributed by atoms with Crippen molar-refractivity contribution in [2.75, 3.05) is 58.0 Å². The van der Waals surface area contributed by atoms with E-state index in [2.05, 4.69) is 33.9 Å². The first-order valence-electron chi connectivity index (χ1n) is 10.8. The zero-order valence-corrected chi connectivity index (χ0v) is 19.4. The van der Waals surface area contributed by atoms with Crippen molar-refractivity contribution >= 4 is 23.1 Å². The molecule has 0 radical (unpaired) electrons. The average molecular weight is 442 g/mol. The van der Waals surface area contributed by atoms with Gasteiger partial charge >= 0.3 is 0 Å². The van der Waals surface area contributed by atoms with Gasteiger partial charge in [-0.05, 0) is 60.0 Å². The summed E-state index contributed by atoms with van der Waals surface area (Å²) in [6.45, 7) is 5.60. The lowest BCUT2D eigenvalue weighted by Crippen LogP contribution is -2.45. The molecular weight excluding hydrogens is 410 g/mol. The first kappa shape index (κ1) is 22.1. The smallest absolute Gasteiger partial charge is 0.152 e. The molecule has 4 rings (SSSR count). The van der Waals surface area contributed by atoms with Crippen molar-refractivity contribution in [3.63, 3.8) is 0 Å². The predicted octanol–water partition coefficient (Wildman–Crippen LogP) is 2.48. The second-order valence-corrected chi connectivity index (χ2v) is 9.74. The summed E-state index contributed by atoms with van der Waals surface area (Å²) in [7, 11) is 3.89. The fraction of sp³-hybridized carbons (Fsp3) is 0.458. The van der Waals surface area contributed by atoms with E-state index in [1.807, 2.05) is 24.3 Å². The Morgan fingerprint density at radius 1 is 1.03 bits per heavy atom. The molecule has 2 aromatic carbocycles. The summed E-state index contributed by atoms with van der Waals surface area (Å²) >= 11 is -1.02. The number of aldehydes is 1. The molecule has 0 amide bonds. The van der Waals surface area contributed by atoms with Crippen LogP contribution in [0.5, 0.6) is 5.75 Å². The van der Waals surface area contributed by atoms with Gasteiger partial charge in [0.2, 0.25) is 0 Å². The minimum Gasteiger partial charge on any atom is -0.612 e.